The van der Waals surface area contributed by atoms with Crippen molar-refractivity contribution < 1.29 is 23.9 Å². The number of para-hydroxylation sites is 1. The Morgan fingerprint density at radius 2 is 1.95 bits per heavy atom. The van der Waals surface area contributed by atoms with Crippen LogP contribution in [0.4, 0.5) is 21.9 Å². The van der Waals surface area contributed by atoms with E-state index in [0.717, 1.165) is 29.5 Å². The Labute approximate surface area is 239 Å². The van der Waals surface area contributed by atoms with Gasteiger partial charge >= 0.3 is 6.03 Å². The Bertz CT molecular complexity index is 1690. The number of ether oxygens (including phenoxy) is 2. The second-order valence-corrected chi connectivity index (χ2v) is 11.4. The molecule has 11 heteroatoms. The van der Waals surface area contributed by atoms with Crippen LogP contribution < -0.4 is 20.3 Å². The van der Waals surface area contributed by atoms with E-state index in [1.165, 1.54) is 11.3 Å². The number of carbonyl (C=O) groups excluding carboxylic acids is 3. The lowest BCUT2D eigenvalue weighted by molar-refractivity contribution is -0.133. The number of thiophene rings is 1. The molecule has 2 N–H and O–H groups in total. The fraction of sp³-hybridized carbons (Fsp3) is 0.267. The van der Waals surface area contributed by atoms with Crippen LogP contribution in [-0.2, 0) is 9.53 Å². The molecule has 0 bridgehead atoms. The molecule has 5 heterocycles. The average molecular weight is 570 g/mol. The van der Waals surface area contributed by atoms with Crippen LogP contribution in [0.2, 0.25) is 0 Å². The van der Waals surface area contributed by atoms with Crippen LogP contribution in [0.15, 0.2) is 60.8 Å². The number of nitrogens with zero attached hydrogens (tertiary/aromatic N) is 3. The molecule has 0 radical (unpaired) electrons. The molecule has 2 aromatic heterocycles. The van der Waals surface area contributed by atoms with Gasteiger partial charge < -0.3 is 25.0 Å². The predicted molar refractivity (Wildman–Crippen MR) is 155 cm³/mol. The molecule has 10 nitrogen and oxygen atoms in total. The van der Waals surface area contributed by atoms with E-state index in [1.54, 1.807) is 22.1 Å². The second kappa shape index (κ2) is 10.2. The minimum atomic E-state index is -0.365. The summed E-state index contributed by atoms with van der Waals surface area (Å²) in [4.78, 5) is 48.4. The number of pyridine rings is 1. The Morgan fingerprint density at radius 1 is 1.12 bits per heavy atom. The number of hydrogen-bond donors (Lipinski definition) is 2. The minimum absolute atomic E-state index is 0.0166. The quantitative estimate of drug-likeness (QED) is 0.309. The first-order valence-electron chi connectivity index (χ1n) is 13.5. The number of rotatable bonds is 6. The normalized spacial score (nSPS) is 19.6. The molecule has 208 valence electrons. The number of anilines is 3. The van der Waals surface area contributed by atoms with Crippen molar-refractivity contribution in [2.75, 3.05) is 29.9 Å². The molecule has 2 fully saturated rings. The molecule has 4 aromatic rings. The van der Waals surface area contributed by atoms with Gasteiger partial charge in [-0.25, -0.2) is 9.78 Å². The number of urea groups is 1. The highest BCUT2D eigenvalue weighted by molar-refractivity contribution is 7.21. The zero-order valence-corrected chi connectivity index (χ0v) is 23.1. The maximum absolute atomic E-state index is 13.6. The van der Waals surface area contributed by atoms with Gasteiger partial charge in [-0.1, -0.05) is 18.2 Å². The first-order valence-corrected chi connectivity index (χ1v) is 14.4. The molecule has 2 aromatic carbocycles. The summed E-state index contributed by atoms with van der Waals surface area (Å²) < 4.78 is 11.1. The monoisotopic (exact) mass is 569 g/mol. The minimum Gasteiger partial charge on any atom is -0.457 e. The predicted octanol–water partition coefficient (Wildman–Crippen LogP) is 5.20. The van der Waals surface area contributed by atoms with Gasteiger partial charge in [0.1, 0.15) is 21.2 Å². The number of amides is 4. The Balaban J connectivity index is 1.16. The number of aryl methyl sites for hydroxylation is 1. The largest absolute Gasteiger partial charge is 0.457 e. The van der Waals surface area contributed by atoms with Gasteiger partial charge in [0, 0.05) is 25.3 Å². The molecule has 4 amide bonds. The van der Waals surface area contributed by atoms with Crippen LogP contribution in [0.3, 0.4) is 0 Å². The van der Waals surface area contributed by atoms with Gasteiger partial charge in [0.05, 0.1) is 29.1 Å². The molecule has 2 saturated heterocycles. The summed E-state index contributed by atoms with van der Waals surface area (Å²) in [7, 11) is 0. The van der Waals surface area contributed by atoms with Gasteiger partial charge in [0.2, 0.25) is 0 Å². The van der Waals surface area contributed by atoms with Crippen molar-refractivity contribution in [2.24, 2.45) is 0 Å². The van der Waals surface area contributed by atoms with Crippen molar-refractivity contribution in [3.63, 3.8) is 0 Å². The molecule has 3 aliphatic rings. The van der Waals surface area contributed by atoms with Gasteiger partial charge in [0.15, 0.2) is 6.10 Å². The van der Waals surface area contributed by atoms with Gasteiger partial charge in [-0.05, 0) is 61.7 Å². The SMILES string of the molecule is Cc1cc(Oc2ccccc2)ccc1N1C(=O)Nc2c(C(=O)N[C@@H]3CCCN(C(=O)[C@H]4CO4)C3)sc3nccc1c23. The van der Waals surface area contributed by atoms with Crippen LogP contribution in [0.25, 0.3) is 10.2 Å². The second-order valence-electron chi connectivity index (χ2n) is 10.4. The number of likely N-dealkylation sites (tertiary alicyclic amines) is 1. The number of aromatic nitrogens is 1. The molecule has 0 spiro atoms. The molecule has 0 unspecified atom stereocenters. The molecule has 3 aliphatic heterocycles. The highest BCUT2D eigenvalue weighted by atomic mass is 32.1. The number of nitrogens with one attached hydrogen (secondary N) is 2. The van der Waals surface area contributed by atoms with E-state index in [4.69, 9.17) is 9.47 Å². The zero-order valence-electron chi connectivity index (χ0n) is 22.3. The molecule has 0 saturated carbocycles. The van der Waals surface area contributed by atoms with Crippen molar-refractivity contribution in [2.45, 2.75) is 31.9 Å². The van der Waals surface area contributed by atoms with E-state index in [9.17, 15) is 14.4 Å². The summed E-state index contributed by atoms with van der Waals surface area (Å²) in [6.07, 6.45) is 2.89. The number of hydrogen-bond acceptors (Lipinski definition) is 7. The average Bonchev–Trinajstić information content (AvgIpc) is 3.76. The fourth-order valence-corrected chi connectivity index (χ4v) is 6.51. The number of carbonyl (C=O) groups is 3. The summed E-state index contributed by atoms with van der Waals surface area (Å²) in [6.45, 7) is 3.50. The maximum atomic E-state index is 13.6. The lowest BCUT2D eigenvalue weighted by atomic mass is 10.0. The topological polar surface area (TPSA) is 116 Å². The third-order valence-electron chi connectivity index (χ3n) is 7.52. The Hall–Kier alpha value is -4.48. The number of piperidine rings is 1. The number of epoxide rings is 1. The van der Waals surface area contributed by atoms with Crippen molar-refractivity contribution in [1.29, 1.82) is 0 Å². The zero-order chi connectivity index (χ0) is 28.1. The Morgan fingerprint density at radius 3 is 2.73 bits per heavy atom. The summed E-state index contributed by atoms with van der Waals surface area (Å²) in [6, 6.07) is 16.3. The van der Waals surface area contributed by atoms with E-state index in [2.05, 4.69) is 15.6 Å². The lowest BCUT2D eigenvalue weighted by Crippen LogP contribution is -2.50. The van der Waals surface area contributed by atoms with Crippen molar-refractivity contribution in [3.8, 4) is 11.5 Å². The molecule has 0 aliphatic carbocycles. The van der Waals surface area contributed by atoms with Gasteiger partial charge in [-0.15, -0.1) is 11.3 Å². The first kappa shape index (κ1) is 25.5. The molecule has 2 atom stereocenters. The van der Waals surface area contributed by atoms with Crippen LogP contribution >= 0.6 is 11.3 Å². The van der Waals surface area contributed by atoms with Crippen LogP contribution in [0.1, 0.15) is 28.1 Å². The van der Waals surface area contributed by atoms with E-state index in [-0.39, 0.29) is 30.0 Å². The fourth-order valence-electron chi connectivity index (χ4n) is 5.49. The smallest absolute Gasteiger partial charge is 0.331 e. The number of benzene rings is 2. The third kappa shape index (κ3) is 4.76. The van der Waals surface area contributed by atoms with Crippen LogP contribution in [0.5, 0.6) is 11.5 Å². The van der Waals surface area contributed by atoms with Gasteiger partial charge in [-0.3, -0.25) is 14.5 Å². The van der Waals surface area contributed by atoms with Gasteiger partial charge in [0.25, 0.3) is 11.8 Å². The summed E-state index contributed by atoms with van der Waals surface area (Å²) in [5.74, 6) is 1.09. The third-order valence-corrected chi connectivity index (χ3v) is 8.61. The van der Waals surface area contributed by atoms with E-state index in [0.29, 0.717) is 52.2 Å². The van der Waals surface area contributed by atoms with Crippen molar-refractivity contribution >= 4 is 56.5 Å². The van der Waals surface area contributed by atoms with Crippen molar-refractivity contribution in [1.82, 2.24) is 15.2 Å². The molecular formula is C30H27N5O5S. The molecular weight excluding hydrogens is 542 g/mol. The van der Waals surface area contributed by atoms with Crippen LogP contribution in [-0.4, -0.2) is 59.6 Å². The summed E-state index contributed by atoms with van der Waals surface area (Å²) >= 11 is 1.24. The standard InChI is InChI=1S/C30H27N5O5S/c1-17-14-20(40-19-7-3-2-4-8-19)9-10-21(17)35-22-11-12-31-28-24(22)25(33-30(35)38)26(41-28)27(36)32-18-6-5-13-34(15-18)29(37)23-16-39-23/h2-4,7-12,14,18,23H,5-6,13,15-16H2,1H3,(H,32,36)(H,33,38)/t18-,23-/m1/s1. The highest BCUT2D eigenvalue weighted by Gasteiger charge is 2.38. The van der Waals surface area contributed by atoms with Crippen molar-refractivity contribution in [3.05, 3.63) is 71.2 Å². The Kier molecular flexibility index (Phi) is 6.32. The van der Waals surface area contributed by atoms with E-state index >= 15 is 0 Å². The molecule has 41 heavy (non-hydrogen) atoms. The highest BCUT2D eigenvalue weighted by Crippen LogP contribution is 2.46. The summed E-state index contributed by atoms with van der Waals surface area (Å²) in [5, 5.41) is 6.76. The van der Waals surface area contributed by atoms with Gasteiger partial charge in [-0.2, -0.15) is 0 Å². The van der Waals surface area contributed by atoms with Crippen LogP contribution in [0, 0.1) is 6.92 Å². The lowest BCUT2D eigenvalue weighted by Gasteiger charge is -2.33. The summed E-state index contributed by atoms with van der Waals surface area (Å²) in [5.41, 5.74) is 2.67. The maximum Gasteiger partial charge on any atom is 0.331 e. The first-order chi connectivity index (χ1) is 20.0. The van der Waals surface area contributed by atoms with E-state index in [1.807, 2.05) is 55.5 Å². The molecule has 7 rings (SSSR count). The van der Waals surface area contributed by atoms with E-state index < -0.39 is 0 Å².